The van der Waals surface area contributed by atoms with E-state index >= 15 is 0 Å². The van der Waals surface area contributed by atoms with Crippen LogP contribution in [0.15, 0.2) is 34.7 Å². The predicted octanol–water partition coefficient (Wildman–Crippen LogP) is 2.73. The van der Waals surface area contributed by atoms with Gasteiger partial charge in [-0.05, 0) is 31.2 Å². The van der Waals surface area contributed by atoms with Gasteiger partial charge in [0.2, 0.25) is 5.76 Å². The molecular formula is C16H15NO8. The van der Waals surface area contributed by atoms with E-state index in [1.54, 1.807) is 6.92 Å². The molecule has 2 rings (SSSR count). The van der Waals surface area contributed by atoms with E-state index in [1.165, 1.54) is 31.4 Å². The van der Waals surface area contributed by atoms with Crippen LogP contribution in [-0.2, 0) is 16.1 Å². The average Bonchev–Trinajstić information content (AvgIpc) is 3.08. The topological polar surface area (TPSA) is 118 Å². The van der Waals surface area contributed by atoms with E-state index in [1.807, 2.05) is 0 Å². The molecule has 1 aromatic heterocycles. The third-order valence-corrected chi connectivity index (χ3v) is 3.08. The minimum atomic E-state index is -0.776. The Kier molecular flexibility index (Phi) is 5.72. The van der Waals surface area contributed by atoms with Gasteiger partial charge in [0.15, 0.2) is 5.75 Å². The number of ether oxygens (including phenoxy) is 3. The number of benzene rings is 1. The highest BCUT2D eigenvalue weighted by atomic mass is 16.6. The highest BCUT2D eigenvalue weighted by Crippen LogP contribution is 2.28. The summed E-state index contributed by atoms with van der Waals surface area (Å²) in [7, 11) is 1.21. The molecular weight excluding hydrogens is 334 g/mol. The van der Waals surface area contributed by atoms with E-state index in [-0.39, 0.29) is 41.7 Å². The Bertz CT molecular complexity index is 795. The van der Waals surface area contributed by atoms with Crippen LogP contribution in [0.1, 0.15) is 33.6 Å². The fraction of sp³-hybridized carbons (Fsp3) is 0.250. The lowest BCUT2D eigenvalue weighted by atomic mass is 10.2. The first kappa shape index (κ1) is 18.0. The second-order valence-electron chi connectivity index (χ2n) is 4.71. The van der Waals surface area contributed by atoms with Crippen molar-refractivity contribution < 1.29 is 33.1 Å². The molecule has 0 aliphatic rings. The molecule has 0 saturated heterocycles. The largest absolute Gasteiger partial charge is 0.487 e. The van der Waals surface area contributed by atoms with Crippen molar-refractivity contribution in [2.45, 2.75) is 13.5 Å². The summed E-state index contributed by atoms with van der Waals surface area (Å²) in [6, 6.07) is 6.62. The number of rotatable bonds is 7. The van der Waals surface area contributed by atoms with Crippen LogP contribution in [-0.4, -0.2) is 30.6 Å². The number of methoxy groups -OCH3 is 1. The fourth-order valence-corrected chi connectivity index (χ4v) is 1.95. The van der Waals surface area contributed by atoms with Crippen molar-refractivity contribution in [3.8, 4) is 5.75 Å². The van der Waals surface area contributed by atoms with E-state index < -0.39 is 16.9 Å². The first-order chi connectivity index (χ1) is 12.0. The number of hydrogen-bond donors (Lipinski definition) is 0. The lowest BCUT2D eigenvalue weighted by Gasteiger charge is -2.06. The number of furan rings is 1. The summed E-state index contributed by atoms with van der Waals surface area (Å²) in [5.41, 5.74) is -0.336. The van der Waals surface area contributed by atoms with Gasteiger partial charge in [-0.3, -0.25) is 10.1 Å². The van der Waals surface area contributed by atoms with Gasteiger partial charge in [-0.25, -0.2) is 9.59 Å². The molecule has 1 aromatic carbocycles. The Morgan fingerprint density at radius 3 is 2.60 bits per heavy atom. The highest BCUT2D eigenvalue weighted by Gasteiger charge is 2.20. The first-order valence-electron chi connectivity index (χ1n) is 7.21. The zero-order chi connectivity index (χ0) is 18.4. The summed E-state index contributed by atoms with van der Waals surface area (Å²) in [6.07, 6.45) is 0. The Morgan fingerprint density at radius 1 is 1.20 bits per heavy atom. The molecule has 0 fully saturated rings. The lowest BCUT2D eigenvalue weighted by molar-refractivity contribution is -0.385. The molecule has 0 bridgehead atoms. The van der Waals surface area contributed by atoms with Crippen LogP contribution in [0.2, 0.25) is 0 Å². The number of hydrogen-bond acceptors (Lipinski definition) is 8. The monoisotopic (exact) mass is 349 g/mol. The van der Waals surface area contributed by atoms with E-state index in [4.69, 9.17) is 13.9 Å². The number of nitrogens with zero attached hydrogens (tertiary/aromatic N) is 1. The minimum absolute atomic E-state index is 0.00472. The van der Waals surface area contributed by atoms with E-state index in [2.05, 4.69) is 4.74 Å². The maximum atomic E-state index is 12.0. The van der Waals surface area contributed by atoms with Gasteiger partial charge in [-0.1, -0.05) is 0 Å². The molecule has 9 heteroatoms. The van der Waals surface area contributed by atoms with E-state index in [0.29, 0.717) is 0 Å². The summed E-state index contributed by atoms with van der Waals surface area (Å²) >= 11 is 0. The summed E-state index contributed by atoms with van der Waals surface area (Å²) in [5, 5.41) is 11.1. The third kappa shape index (κ3) is 4.34. The second kappa shape index (κ2) is 7.95. The van der Waals surface area contributed by atoms with Gasteiger partial charge in [0, 0.05) is 6.07 Å². The molecule has 0 amide bonds. The second-order valence-corrected chi connectivity index (χ2v) is 4.71. The lowest BCUT2D eigenvalue weighted by Crippen LogP contribution is -2.06. The Hall–Kier alpha value is -3.36. The van der Waals surface area contributed by atoms with Gasteiger partial charge in [0.05, 0.1) is 24.2 Å². The van der Waals surface area contributed by atoms with Gasteiger partial charge in [-0.2, -0.15) is 0 Å². The molecule has 1 heterocycles. The quantitative estimate of drug-likeness (QED) is 0.425. The predicted molar refractivity (Wildman–Crippen MR) is 83.4 cm³/mol. The van der Waals surface area contributed by atoms with Crippen LogP contribution in [0.25, 0.3) is 0 Å². The van der Waals surface area contributed by atoms with Gasteiger partial charge >= 0.3 is 17.6 Å². The normalized spacial score (nSPS) is 10.2. The van der Waals surface area contributed by atoms with Crippen LogP contribution >= 0.6 is 0 Å². The smallest absolute Gasteiger partial charge is 0.373 e. The molecule has 0 spiro atoms. The molecule has 0 aliphatic heterocycles. The molecule has 0 N–H and O–H groups in total. The van der Waals surface area contributed by atoms with Crippen LogP contribution in [0.4, 0.5) is 5.69 Å². The van der Waals surface area contributed by atoms with E-state index in [9.17, 15) is 19.7 Å². The van der Waals surface area contributed by atoms with Crippen molar-refractivity contribution >= 4 is 17.6 Å². The molecule has 9 nitrogen and oxygen atoms in total. The van der Waals surface area contributed by atoms with Gasteiger partial charge in [-0.15, -0.1) is 0 Å². The maximum Gasteiger partial charge on any atom is 0.373 e. The van der Waals surface area contributed by atoms with Crippen molar-refractivity contribution in [3.05, 3.63) is 57.5 Å². The molecule has 132 valence electrons. The molecule has 0 atom stereocenters. The van der Waals surface area contributed by atoms with Crippen molar-refractivity contribution in [2.75, 3.05) is 13.7 Å². The SMILES string of the molecule is CCOc1ccc(C(=O)OCc2ccc(C(=O)OC)o2)cc1[N+](=O)[O-]. The molecule has 0 radical (unpaired) electrons. The molecule has 0 unspecified atom stereocenters. The summed E-state index contributed by atoms with van der Waals surface area (Å²) in [4.78, 5) is 33.7. The van der Waals surface area contributed by atoms with Crippen LogP contribution < -0.4 is 4.74 Å². The van der Waals surface area contributed by atoms with Crippen LogP contribution in [0.3, 0.4) is 0 Å². The van der Waals surface area contributed by atoms with Crippen molar-refractivity contribution in [2.24, 2.45) is 0 Å². The zero-order valence-corrected chi connectivity index (χ0v) is 13.5. The van der Waals surface area contributed by atoms with Crippen molar-refractivity contribution in [1.82, 2.24) is 0 Å². The minimum Gasteiger partial charge on any atom is -0.487 e. The molecule has 2 aromatic rings. The molecule has 0 aliphatic carbocycles. The summed E-state index contributed by atoms with van der Waals surface area (Å²) < 4.78 is 19.8. The van der Waals surface area contributed by atoms with Gasteiger partial charge < -0.3 is 18.6 Å². The number of carbonyl (C=O) groups is 2. The zero-order valence-electron chi connectivity index (χ0n) is 13.5. The maximum absolute atomic E-state index is 12.0. The number of nitro benzene ring substituents is 1. The molecule has 25 heavy (non-hydrogen) atoms. The fourth-order valence-electron chi connectivity index (χ4n) is 1.95. The number of esters is 2. The van der Waals surface area contributed by atoms with Crippen molar-refractivity contribution in [3.63, 3.8) is 0 Å². The average molecular weight is 349 g/mol. The first-order valence-corrected chi connectivity index (χ1v) is 7.21. The Balaban J connectivity index is 2.08. The van der Waals surface area contributed by atoms with Crippen molar-refractivity contribution in [1.29, 1.82) is 0 Å². The van der Waals surface area contributed by atoms with Gasteiger partial charge in [0.25, 0.3) is 0 Å². The summed E-state index contributed by atoms with van der Waals surface area (Å²) in [5.74, 6) is -1.15. The van der Waals surface area contributed by atoms with Crippen LogP contribution in [0, 0.1) is 10.1 Å². The number of nitro groups is 1. The standard InChI is InChI=1S/C16H15NO8/c1-3-23-13-6-4-10(8-12(13)17(20)21)15(18)24-9-11-5-7-14(25-11)16(19)22-2/h4-8H,3,9H2,1-2H3. The Labute approximate surface area is 142 Å². The van der Waals surface area contributed by atoms with Crippen LogP contribution in [0.5, 0.6) is 5.75 Å². The highest BCUT2D eigenvalue weighted by molar-refractivity contribution is 5.90. The number of carbonyl (C=O) groups excluding carboxylic acids is 2. The Morgan fingerprint density at radius 2 is 1.96 bits per heavy atom. The third-order valence-electron chi connectivity index (χ3n) is 3.08. The van der Waals surface area contributed by atoms with Gasteiger partial charge in [0.1, 0.15) is 12.4 Å². The molecule has 0 saturated carbocycles. The van der Waals surface area contributed by atoms with E-state index in [0.717, 1.165) is 6.07 Å². The summed E-state index contributed by atoms with van der Waals surface area (Å²) in [6.45, 7) is 1.71.